The molecule has 8 heteroatoms. The number of rotatable bonds is 8. The van der Waals surface area contributed by atoms with Crippen molar-refractivity contribution in [2.45, 2.75) is 19.9 Å². The lowest BCUT2D eigenvalue weighted by Gasteiger charge is -2.13. The van der Waals surface area contributed by atoms with E-state index in [0.717, 1.165) is 5.56 Å². The van der Waals surface area contributed by atoms with Crippen molar-refractivity contribution in [2.24, 2.45) is 4.99 Å². The van der Waals surface area contributed by atoms with E-state index >= 15 is 0 Å². The lowest BCUT2D eigenvalue weighted by atomic mass is 10.1. The molecule has 0 fully saturated rings. The monoisotopic (exact) mass is 505 g/mol. The van der Waals surface area contributed by atoms with E-state index in [-0.39, 0.29) is 36.0 Å². The Kier molecular flexibility index (Phi) is 10.6. The van der Waals surface area contributed by atoms with Gasteiger partial charge in [-0.05, 0) is 37.6 Å². The number of benzene rings is 2. The van der Waals surface area contributed by atoms with Crippen LogP contribution in [-0.2, 0) is 13.0 Å². The normalized spacial score (nSPS) is 10.8. The number of nitrogens with zero attached hydrogens (tertiary/aromatic N) is 1. The first-order valence-electron chi connectivity index (χ1n) is 8.75. The maximum absolute atomic E-state index is 13.7. The smallest absolute Gasteiger partial charge is 0.191 e. The quantitative estimate of drug-likeness (QED) is 0.325. The van der Waals surface area contributed by atoms with Gasteiger partial charge in [0.1, 0.15) is 23.1 Å². The number of guanidine groups is 1. The molecule has 0 bridgehead atoms. The summed E-state index contributed by atoms with van der Waals surface area (Å²) in [6, 6.07) is 9.40. The Morgan fingerprint density at radius 1 is 1.04 bits per heavy atom. The minimum Gasteiger partial charge on any atom is -0.497 e. The summed E-state index contributed by atoms with van der Waals surface area (Å²) in [5.41, 5.74) is 0.966. The molecule has 0 aliphatic rings. The molecule has 5 nitrogen and oxygen atoms in total. The van der Waals surface area contributed by atoms with E-state index in [9.17, 15) is 8.78 Å². The van der Waals surface area contributed by atoms with Crippen molar-refractivity contribution in [1.29, 1.82) is 0 Å². The predicted octanol–water partition coefficient (Wildman–Crippen LogP) is 3.90. The third-order valence-corrected chi connectivity index (χ3v) is 3.98. The summed E-state index contributed by atoms with van der Waals surface area (Å²) < 4.78 is 38.0. The highest BCUT2D eigenvalue weighted by Crippen LogP contribution is 2.25. The standard InChI is InChI=1S/C20H25F2N3O2.HI/c1-4-23-20(24-11-10-16-17(21)6-5-7-18(16)22)25-13-14-8-9-15(26-2)12-19(14)27-3;/h5-9,12H,4,10-11,13H2,1-3H3,(H2,23,24,25);1H. The zero-order valence-corrected chi connectivity index (χ0v) is 18.6. The Morgan fingerprint density at radius 3 is 2.36 bits per heavy atom. The number of aliphatic imine (C=N–C) groups is 1. The second-order valence-corrected chi connectivity index (χ2v) is 5.75. The van der Waals surface area contributed by atoms with Crippen molar-refractivity contribution < 1.29 is 18.3 Å². The first kappa shape index (κ1) is 23.9. The van der Waals surface area contributed by atoms with Crippen molar-refractivity contribution in [3.63, 3.8) is 0 Å². The fourth-order valence-corrected chi connectivity index (χ4v) is 2.57. The zero-order chi connectivity index (χ0) is 19.6. The maximum Gasteiger partial charge on any atom is 0.191 e. The summed E-state index contributed by atoms with van der Waals surface area (Å²) in [5.74, 6) is 0.870. The number of nitrogens with one attached hydrogen (secondary N) is 2. The molecule has 2 aromatic carbocycles. The van der Waals surface area contributed by atoms with Gasteiger partial charge in [-0.1, -0.05) is 6.07 Å². The Hall–Kier alpha value is -2.10. The molecule has 0 aromatic heterocycles. The summed E-state index contributed by atoms with van der Waals surface area (Å²) in [5, 5.41) is 6.21. The molecule has 2 rings (SSSR count). The lowest BCUT2D eigenvalue weighted by Crippen LogP contribution is -2.38. The van der Waals surface area contributed by atoms with Gasteiger partial charge in [0.05, 0.1) is 20.8 Å². The highest BCUT2D eigenvalue weighted by molar-refractivity contribution is 14.0. The van der Waals surface area contributed by atoms with E-state index < -0.39 is 11.6 Å². The minimum absolute atomic E-state index is 0. The fourth-order valence-electron chi connectivity index (χ4n) is 2.57. The maximum atomic E-state index is 13.7. The van der Waals surface area contributed by atoms with Crippen LogP contribution in [0.15, 0.2) is 41.4 Å². The van der Waals surface area contributed by atoms with E-state index in [1.165, 1.54) is 18.2 Å². The number of halogens is 3. The molecule has 154 valence electrons. The molecule has 2 N–H and O–H groups in total. The Balaban J connectivity index is 0.00000392. The lowest BCUT2D eigenvalue weighted by molar-refractivity contribution is 0.391. The summed E-state index contributed by atoms with van der Waals surface area (Å²) in [4.78, 5) is 4.51. The van der Waals surface area contributed by atoms with Gasteiger partial charge >= 0.3 is 0 Å². The first-order valence-corrected chi connectivity index (χ1v) is 8.75. The van der Waals surface area contributed by atoms with Gasteiger partial charge in [0.2, 0.25) is 0 Å². The van der Waals surface area contributed by atoms with Gasteiger partial charge in [-0.3, -0.25) is 0 Å². The molecule has 0 heterocycles. The Morgan fingerprint density at radius 2 is 1.75 bits per heavy atom. The van der Waals surface area contributed by atoms with Gasteiger partial charge in [0, 0.05) is 30.3 Å². The van der Waals surface area contributed by atoms with Crippen molar-refractivity contribution in [2.75, 3.05) is 27.3 Å². The van der Waals surface area contributed by atoms with Crippen LogP contribution >= 0.6 is 24.0 Å². The summed E-state index contributed by atoms with van der Waals surface area (Å²) >= 11 is 0. The molecule has 0 saturated carbocycles. The van der Waals surface area contributed by atoms with Gasteiger partial charge in [0.15, 0.2) is 5.96 Å². The van der Waals surface area contributed by atoms with Crippen LogP contribution < -0.4 is 20.1 Å². The highest BCUT2D eigenvalue weighted by Gasteiger charge is 2.09. The molecule has 0 amide bonds. The molecule has 0 radical (unpaired) electrons. The van der Waals surface area contributed by atoms with Gasteiger partial charge < -0.3 is 20.1 Å². The minimum atomic E-state index is -0.540. The van der Waals surface area contributed by atoms with E-state index in [1.54, 1.807) is 20.3 Å². The molecular formula is C20H26F2IN3O2. The molecular weight excluding hydrogens is 479 g/mol. The highest BCUT2D eigenvalue weighted by atomic mass is 127. The largest absolute Gasteiger partial charge is 0.497 e. The second-order valence-electron chi connectivity index (χ2n) is 5.75. The SMILES string of the molecule is CCNC(=NCc1ccc(OC)cc1OC)NCCc1c(F)cccc1F.I. The zero-order valence-electron chi connectivity index (χ0n) is 16.2. The molecule has 0 aliphatic heterocycles. The molecule has 0 spiro atoms. The topological polar surface area (TPSA) is 54.9 Å². The fraction of sp³-hybridized carbons (Fsp3) is 0.350. The molecule has 0 aliphatic carbocycles. The van der Waals surface area contributed by atoms with Crippen LogP contribution in [0.5, 0.6) is 11.5 Å². The van der Waals surface area contributed by atoms with Crippen LogP contribution in [0.4, 0.5) is 8.78 Å². The van der Waals surface area contributed by atoms with Crippen molar-refractivity contribution in [1.82, 2.24) is 10.6 Å². The van der Waals surface area contributed by atoms with Crippen LogP contribution in [-0.4, -0.2) is 33.3 Å². The van der Waals surface area contributed by atoms with Crippen molar-refractivity contribution in [3.8, 4) is 11.5 Å². The van der Waals surface area contributed by atoms with Crippen LogP contribution in [0, 0.1) is 11.6 Å². The Bertz CT molecular complexity index is 768. The summed E-state index contributed by atoms with van der Waals surface area (Å²) in [6.07, 6.45) is 0.217. The molecule has 2 aromatic rings. The molecule has 0 saturated heterocycles. The van der Waals surface area contributed by atoms with Crippen LogP contribution in [0.3, 0.4) is 0 Å². The van der Waals surface area contributed by atoms with Crippen molar-refractivity contribution >= 4 is 29.9 Å². The number of ether oxygens (including phenoxy) is 2. The second kappa shape index (κ2) is 12.4. The van der Waals surface area contributed by atoms with E-state index in [4.69, 9.17) is 9.47 Å². The van der Waals surface area contributed by atoms with Crippen LogP contribution in [0.25, 0.3) is 0 Å². The van der Waals surface area contributed by atoms with Gasteiger partial charge in [0.25, 0.3) is 0 Å². The first-order chi connectivity index (χ1) is 13.1. The number of hydrogen-bond donors (Lipinski definition) is 2. The van der Waals surface area contributed by atoms with E-state index in [1.807, 2.05) is 19.1 Å². The molecule has 28 heavy (non-hydrogen) atoms. The molecule has 0 atom stereocenters. The Labute approximate surface area is 181 Å². The number of hydrogen-bond acceptors (Lipinski definition) is 3. The summed E-state index contributed by atoms with van der Waals surface area (Å²) in [6.45, 7) is 3.35. The molecule has 0 unspecified atom stereocenters. The van der Waals surface area contributed by atoms with Gasteiger partial charge in [-0.25, -0.2) is 13.8 Å². The van der Waals surface area contributed by atoms with E-state index in [0.29, 0.717) is 37.1 Å². The van der Waals surface area contributed by atoms with Crippen LogP contribution in [0.1, 0.15) is 18.1 Å². The third kappa shape index (κ3) is 6.81. The average Bonchev–Trinajstić information content (AvgIpc) is 2.68. The van der Waals surface area contributed by atoms with Crippen LogP contribution in [0.2, 0.25) is 0 Å². The van der Waals surface area contributed by atoms with Gasteiger partial charge in [-0.2, -0.15) is 0 Å². The summed E-state index contributed by atoms with van der Waals surface area (Å²) in [7, 11) is 3.19. The third-order valence-electron chi connectivity index (χ3n) is 3.98. The van der Waals surface area contributed by atoms with Crippen molar-refractivity contribution in [3.05, 3.63) is 59.2 Å². The van der Waals surface area contributed by atoms with E-state index in [2.05, 4.69) is 15.6 Å². The average molecular weight is 505 g/mol. The predicted molar refractivity (Wildman–Crippen MR) is 118 cm³/mol. The van der Waals surface area contributed by atoms with Gasteiger partial charge in [-0.15, -0.1) is 24.0 Å². The number of methoxy groups -OCH3 is 2.